The highest BCUT2D eigenvalue weighted by atomic mass is 16.5. The van der Waals surface area contributed by atoms with E-state index in [-0.39, 0.29) is 0 Å². The van der Waals surface area contributed by atoms with Crippen molar-refractivity contribution in [2.75, 3.05) is 6.61 Å². The van der Waals surface area contributed by atoms with Gasteiger partial charge >= 0.3 is 0 Å². The Morgan fingerprint density at radius 2 is 2.21 bits per heavy atom. The number of rotatable bonds is 3. The van der Waals surface area contributed by atoms with Crippen LogP contribution in [0.1, 0.15) is 40.5 Å². The fraction of sp³-hybridized carbons (Fsp3) is 1.00. The van der Waals surface area contributed by atoms with Gasteiger partial charge in [0, 0.05) is 30.0 Å². The van der Waals surface area contributed by atoms with Crippen LogP contribution in [0.25, 0.3) is 0 Å². The lowest BCUT2D eigenvalue weighted by molar-refractivity contribution is -0.115. The molecular weight excluding hydrogens is 174 g/mol. The van der Waals surface area contributed by atoms with Crippen LogP contribution in [0, 0.1) is 11.3 Å². The van der Waals surface area contributed by atoms with Crippen LogP contribution in [-0.4, -0.2) is 24.8 Å². The number of nitrogens with one attached hydrogen (secondary N) is 1. The molecule has 0 aromatic heterocycles. The Morgan fingerprint density at radius 3 is 2.86 bits per heavy atom. The molecule has 4 atom stereocenters. The van der Waals surface area contributed by atoms with Crippen LogP contribution in [0.5, 0.6) is 0 Å². The molecule has 0 aromatic carbocycles. The summed E-state index contributed by atoms with van der Waals surface area (Å²) in [5, 5.41) is 3.75. The zero-order valence-corrected chi connectivity index (χ0v) is 9.84. The maximum Gasteiger partial charge on any atom is 0.0685 e. The Kier molecular flexibility index (Phi) is 2.61. The normalized spacial score (nSPS) is 41.6. The summed E-state index contributed by atoms with van der Waals surface area (Å²) in [6.45, 7) is 10.2. The molecule has 0 bridgehead atoms. The molecule has 2 rings (SSSR count). The summed E-state index contributed by atoms with van der Waals surface area (Å²) >= 11 is 0. The molecule has 2 aliphatic rings. The van der Waals surface area contributed by atoms with Crippen molar-refractivity contribution in [2.45, 2.75) is 58.7 Å². The Hall–Kier alpha value is -0.0800. The van der Waals surface area contributed by atoms with Crippen molar-refractivity contribution in [1.29, 1.82) is 0 Å². The Morgan fingerprint density at radius 1 is 1.50 bits per heavy atom. The molecule has 2 heteroatoms. The zero-order chi connectivity index (χ0) is 10.3. The second kappa shape index (κ2) is 3.49. The van der Waals surface area contributed by atoms with E-state index in [1.165, 1.54) is 12.8 Å². The summed E-state index contributed by atoms with van der Waals surface area (Å²) in [5.74, 6) is 0.777. The van der Waals surface area contributed by atoms with E-state index < -0.39 is 0 Å². The van der Waals surface area contributed by atoms with Gasteiger partial charge in [0.15, 0.2) is 0 Å². The molecule has 1 aliphatic carbocycles. The quantitative estimate of drug-likeness (QED) is 0.749. The molecule has 14 heavy (non-hydrogen) atoms. The number of hydrogen-bond acceptors (Lipinski definition) is 2. The highest BCUT2D eigenvalue weighted by Crippen LogP contribution is 2.52. The molecule has 0 amide bonds. The highest BCUT2D eigenvalue weighted by molar-refractivity contribution is 5.11. The molecule has 0 aromatic rings. The largest absolute Gasteiger partial charge is 0.377 e. The maximum absolute atomic E-state index is 5.77. The van der Waals surface area contributed by atoms with Crippen molar-refractivity contribution in [2.24, 2.45) is 11.3 Å². The monoisotopic (exact) mass is 197 g/mol. The number of hydrogen-bond donors (Lipinski definition) is 1. The van der Waals surface area contributed by atoms with Crippen molar-refractivity contribution in [1.82, 2.24) is 5.32 Å². The summed E-state index contributed by atoms with van der Waals surface area (Å²) in [6, 6.07) is 1.31. The molecule has 1 N–H and O–H groups in total. The SMILES string of the molecule is CCC(C)NC1C2CCOC2C1(C)C. The third kappa shape index (κ3) is 1.40. The van der Waals surface area contributed by atoms with Crippen LogP contribution in [-0.2, 0) is 4.74 Å². The lowest BCUT2D eigenvalue weighted by Crippen LogP contribution is -2.67. The van der Waals surface area contributed by atoms with Crippen LogP contribution >= 0.6 is 0 Å². The summed E-state index contributed by atoms with van der Waals surface area (Å²) in [4.78, 5) is 0. The molecular formula is C12H23NO. The first-order valence-corrected chi connectivity index (χ1v) is 5.95. The van der Waals surface area contributed by atoms with E-state index in [1.54, 1.807) is 0 Å². The summed E-state index contributed by atoms with van der Waals surface area (Å²) < 4.78 is 5.77. The second-order valence-electron chi connectivity index (χ2n) is 5.52. The smallest absolute Gasteiger partial charge is 0.0685 e. The van der Waals surface area contributed by atoms with Crippen LogP contribution in [0.15, 0.2) is 0 Å². The molecule has 2 nitrogen and oxygen atoms in total. The Labute approximate surface area is 87.4 Å². The minimum Gasteiger partial charge on any atom is -0.377 e. The van der Waals surface area contributed by atoms with E-state index in [0.29, 0.717) is 23.6 Å². The van der Waals surface area contributed by atoms with Gasteiger partial charge in [-0.25, -0.2) is 0 Å². The third-order valence-corrected chi connectivity index (χ3v) is 4.18. The van der Waals surface area contributed by atoms with Gasteiger partial charge in [0.2, 0.25) is 0 Å². The summed E-state index contributed by atoms with van der Waals surface area (Å²) in [5.41, 5.74) is 0.338. The molecule has 82 valence electrons. The molecule has 1 saturated carbocycles. The minimum absolute atomic E-state index is 0.338. The van der Waals surface area contributed by atoms with Gasteiger partial charge in [0.25, 0.3) is 0 Å². The van der Waals surface area contributed by atoms with Crippen molar-refractivity contribution >= 4 is 0 Å². The first kappa shape index (κ1) is 10.4. The van der Waals surface area contributed by atoms with Gasteiger partial charge in [0.1, 0.15) is 0 Å². The molecule has 1 heterocycles. The van der Waals surface area contributed by atoms with Gasteiger partial charge in [-0.05, 0) is 19.8 Å². The molecule has 4 unspecified atom stereocenters. The topological polar surface area (TPSA) is 21.3 Å². The average molecular weight is 197 g/mol. The lowest BCUT2D eigenvalue weighted by atomic mass is 9.57. The van der Waals surface area contributed by atoms with Gasteiger partial charge in [0.05, 0.1) is 6.10 Å². The van der Waals surface area contributed by atoms with Gasteiger partial charge in [-0.3, -0.25) is 0 Å². The molecule has 0 spiro atoms. The van der Waals surface area contributed by atoms with Gasteiger partial charge < -0.3 is 10.1 Å². The standard InChI is InChI=1S/C12H23NO/c1-5-8(2)13-10-9-6-7-14-11(9)12(10,3)4/h8-11,13H,5-7H2,1-4H3. The van der Waals surface area contributed by atoms with E-state index in [9.17, 15) is 0 Å². The molecule has 1 saturated heterocycles. The summed E-state index contributed by atoms with van der Waals surface area (Å²) in [6.07, 6.45) is 2.98. The Bertz CT molecular complexity index is 214. The summed E-state index contributed by atoms with van der Waals surface area (Å²) in [7, 11) is 0. The fourth-order valence-electron chi connectivity index (χ4n) is 3.09. The van der Waals surface area contributed by atoms with E-state index >= 15 is 0 Å². The lowest BCUT2D eigenvalue weighted by Gasteiger charge is -2.55. The first-order valence-electron chi connectivity index (χ1n) is 5.95. The van der Waals surface area contributed by atoms with Crippen molar-refractivity contribution in [3.05, 3.63) is 0 Å². The van der Waals surface area contributed by atoms with Crippen LogP contribution in [0.2, 0.25) is 0 Å². The van der Waals surface area contributed by atoms with Crippen molar-refractivity contribution < 1.29 is 4.74 Å². The molecule has 1 aliphatic heterocycles. The highest BCUT2D eigenvalue weighted by Gasteiger charge is 2.59. The number of ether oxygens (including phenoxy) is 1. The van der Waals surface area contributed by atoms with E-state index in [1.807, 2.05) is 0 Å². The number of fused-ring (bicyclic) bond motifs is 1. The predicted octanol–water partition coefficient (Wildman–Crippen LogP) is 2.19. The van der Waals surface area contributed by atoms with Crippen LogP contribution in [0.3, 0.4) is 0 Å². The average Bonchev–Trinajstić information content (AvgIpc) is 2.60. The van der Waals surface area contributed by atoms with E-state index in [2.05, 4.69) is 33.0 Å². The fourth-order valence-corrected chi connectivity index (χ4v) is 3.09. The van der Waals surface area contributed by atoms with Crippen LogP contribution in [0.4, 0.5) is 0 Å². The first-order chi connectivity index (χ1) is 6.57. The van der Waals surface area contributed by atoms with E-state index in [0.717, 1.165) is 12.5 Å². The van der Waals surface area contributed by atoms with Gasteiger partial charge in [-0.2, -0.15) is 0 Å². The maximum atomic E-state index is 5.77. The predicted molar refractivity (Wildman–Crippen MR) is 58.3 cm³/mol. The van der Waals surface area contributed by atoms with Gasteiger partial charge in [-0.1, -0.05) is 20.8 Å². The van der Waals surface area contributed by atoms with Crippen molar-refractivity contribution in [3.63, 3.8) is 0 Å². The minimum atomic E-state index is 0.338. The van der Waals surface area contributed by atoms with Crippen molar-refractivity contribution in [3.8, 4) is 0 Å². The third-order valence-electron chi connectivity index (χ3n) is 4.18. The second-order valence-corrected chi connectivity index (χ2v) is 5.52. The van der Waals surface area contributed by atoms with E-state index in [4.69, 9.17) is 4.74 Å². The zero-order valence-electron chi connectivity index (χ0n) is 9.84. The molecule has 0 radical (unpaired) electrons. The molecule has 2 fully saturated rings. The van der Waals surface area contributed by atoms with Crippen LogP contribution < -0.4 is 5.32 Å². The Balaban J connectivity index is 1.98. The van der Waals surface area contributed by atoms with Gasteiger partial charge in [-0.15, -0.1) is 0 Å².